The number of carbonyl (C=O) groups is 1. The number of pyridine rings is 1. The molecule has 1 aromatic heterocycles. The van der Waals surface area contributed by atoms with Gasteiger partial charge in [-0.1, -0.05) is 0 Å². The van der Waals surface area contributed by atoms with E-state index in [-0.39, 0.29) is 11.0 Å². The minimum atomic E-state index is -0.871. The molecule has 0 saturated carbocycles. The van der Waals surface area contributed by atoms with Gasteiger partial charge >= 0.3 is 7.12 Å². The molecule has 2 heterocycles. The van der Waals surface area contributed by atoms with Crippen LogP contribution < -0.4 is 11.2 Å². The van der Waals surface area contributed by atoms with Gasteiger partial charge in [0.25, 0.3) is 5.91 Å². The minimum absolute atomic E-state index is 0.214. The number of halogens is 1. The van der Waals surface area contributed by atoms with Crippen LogP contribution in [0, 0.1) is 5.82 Å². The van der Waals surface area contributed by atoms with Gasteiger partial charge in [0.1, 0.15) is 0 Å². The molecule has 5 nitrogen and oxygen atoms in total. The molecule has 0 aromatic carbocycles. The molecule has 19 heavy (non-hydrogen) atoms. The van der Waals surface area contributed by atoms with Crippen molar-refractivity contribution in [2.45, 2.75) is 38.9 Å². The highest BCUT2D eigenvalue weighted by Crippen LogP contribution is 2.36. The molecule has 2 rings (SSSR count). The van der Waals surface area contributed by atoms with Crippen LogP contribution in [0.25, 0.3) is 0 Å². The molecular weight excluding hydrogens is 250 g/mol. The molecule has 1 aliphatic rings. The number of hydrogen-bond acceptors (Lipinski definition) is 4. The van der Waals surface area contributed by atoms with E-state index in [1.54, 1.807) is 0 Å². The molecule has 1 aliphatic heterocycles. The molecule has 0 spiro atoms. The van der Waals surface area contributed by atoms with Gasteiger partial charge in [0, 0.05) is 11.7 Å². The first-order chi connectivity index (χ1) is 8.66. The van der Waals surface area contributed by atoms with Crippen LogP contribution in [0.1, 0.15) is 38.1 Å². The summed E-state index contributed by atoms with van der Waals surface area (Å²) in [7, 11) is -0.865. The molecule has 0 bridgehead atoms. The first-order valence-electron chi connectivity index (χ1n) is 5.94. The minimum Gasteiger partial charge on any atom is -0.399 e. The van der Waals surface area contributed by atoms with Crippen LogP contribution in [0.4, 0.5) is 4.39 Å². The molecule has 1 fully saturated rings. The van der Waals surface area contributed by atoms with E-state index in [4.69, 9.17) is 15.0 Å². The van der Waals surface area contributed by atoms with Crippen LogP contribution in [0.15, 0.2) is 12.4 Å². The molecule has 0 aliphatic carbocycles. The van der Waals surface area contributed by atoms with E-state index in [0.29, 0.717) is 0 Å². The first kappa shape index (κ1) is 14.0. The molecule has 1 aromatic rings. The summed E-state index contributed by atoms with van der Waals surface area (Å²) in [4.78, 5) is 15.1. The van der Waals surface area contributed by atoms with Gasteiger partial charge in [-0.05, 0) is 27.7 Å². The first-order valence-corrected chi connectivity index (χ1v) is 5.94. The van der Waals surface area contributed by atoms with Crippen molar-refractivity contribution in [1.82, 2.24) is 4.98 Å². The Labute approximate surface area is 111 Å². The second-order valence-electron chi connectivity index (χ2n) is 5.54. The van der Waals surface area contributed by atoms with Gasteiger partial charge in [-0.3, -0.25) is 9.78 Å². The zero-order valence-corrected chi connectivity index (χ0v) is 11.4. The standard InChI is InChI=1S/C12H16BFN2O3/c1-11(2)12(3,4)19-13(18-11)7-5-16-6-8(14)9(7)10(15)17/h5-6H,1-4H3,(H2,15,17). The van der Waals surface area contributed by atoms with Crippen molar-refractivity contribution < 1.29 is 18.5 Å². The van der Waals surface area contributed by atoms with E-state index >= 15 is 0 Å². The van der Waals surface area contributed by atoms with Crippen molar-refractivity contribution in [3.05, 3.63) is 23.8 Å². The quantitative estimate of drug-likeness (QED) is 0.796. The Morgan fingerprint density at radius 3 is 2.26 bits per heavy atom. The summed E-state index contributed by atoms with van der Waals surface area (Å²) in [5.74, 6) is -1.65. The second kappa shape index (κ2) is 4.28. The summed E-state index contributed by atoms with van der Waals surface area (Å²) in [5.41, 5.74) is 4.00. The predicted molar refractivity (Wildman–Crippen MR) is 68.4 cm³/mol. The lowest BCUT2D eigenvalue weighted by atomic mass is 9.77. The summed E-state index contributed by atoms with van der Waals surface area (Å²) >= 11 is 0. The fourth-order valence-corrected chi connectivity index (χ4v) is 1.86. The summed E-state index contributed by atoms with van der Waals surface area (Å²) in [6, 6.07) is 0. The third-order valence-corrected chi connectivity index (χ3v) is 3.68. The van der Waals surface area contributed by atoms with Gasteiger partial charge < -0.3 is 15.0 Å². The molecule has 102 valence electrons. The largest absolute Gasteiger partial charge is 0.497 e. The van der Waals surface area contributed by atoms with Gasteiger partial charge in [-0.25, -0.2) is 4.39 Å². The van der Waals surface area contributed by atoms with Crippen molar-refractivity contribution in [3.8, 4) is 0 Å². The van der Waals surface area contributed by atoms with Crippen molar-refractivity contribution >= 4 is 18.5 Å². The number of rotatable bonds is 2. The van der Waals surface area contributed by atoms with E-state index in [1.807, 2.05) is 27.7 Å². The maximum Gasteiger partial charge on any atom is 0.497 e. The number of hydrogen-bond donors (Lipinski definition) is 1. The Bertz CT molecular complexity index is 518. The summed E-state index contributed by atoms with van der Waals surface area (Å²) < 4.78 is 25.2. The van der Waals surface area contributed by atoms with Gasteiger partial charge in [0.2, 0.25) is 0 Å². The van der Waals surface area contributed by atoms with Gasteiger partial charge in [-0.2, -0.15) is 0 Å². The monoisotopic (exact) mass is 266 g/mol. The predicted octanol–water partition coefficient (Wildman–Crippen LogP) is 0.619. The fraction of sp³-hybridized carbons (Fsp3) is 0.500. The second-order valence-corrected chi connectivity index (χ2v) is 5.54. The molecule has 0 unspecified atom stereocenters. The molecular formula is C12H16BFN2O3. The van der Waals surface area contributed by atoms with E-state index in [1.165, 1.54) is 6.20 Å². The van der Waals surface area contributed by atoms with Crippen molar-refractivity contribution in [2.75, 3.05) is 0 Å². The molecule has 1 saturated heterocycles. The fourth-order valence-electron chi connectivity index (χ4n) is 1.86. The lowest BCUT2D eigenvalue weighted by molar-refractivity contribution is 0.00578. The Morgan fingerprint density at radius 1 is 1.26 bits per heavy atom. The average molecular weight is 266 g/mol. The zero-order valence-electron chi connectivity index (χ0n) is 11.4. The number of amides is 1. The summed E-state index contributed by atoms with van der Waals surface area (Å²) in [6.07, 6.45) is 2.28. The number of nitrogens with two attached hydrogens (primary N) is 1. The highest BCUT2D eigenvalue weighted by molar-refractivity contribution is 6.63. The Morgan fingerprint density at radius 2 is 1.79 bits per heavy atom. The molecule has 7 heteroatoms. The Hall–Kier alpha value is -1.47. The lowest BCUT2D eigenvalue weighted by Gasteiger charge is -2.32. The number of nitrogens with zero attached hydrogens (tertiary/aromatic N) is 1. The van der Waals surface area contributed by atoms with Crippen LogP contribution >= 0.6 is 0 Å². The zero-order chi connectivity index (χ0) is 14.4. The molecule has 0 radical (unpaired) electrons. The third kappa shape index (κ3) is 2.23. The normalized spacial score (nSPS) is 20.6. The van der Waals surface area contributed by atoms with E-state index in [2.05, 4.69) is 4.98 Å². The summed E-state index contributed by atoms with van der Waals surface area (Å²) in [5, 5.41) is 0. The van der Waals surface area contributed by atoms with Crippen LogP contribution in [-0.4, -0.2) is 29.2 Å². The van der Waals surface area contributed by atoms with Crippen LogP contribution in [0.3, 0.4) is 0 Å². The topological polar surface area (TPSA) is 74.4 Å². The summed E-state index contributed by atoms with van der Waals surface area (Å²) in [6.45, 7) is 7.46. The van der Waals surface area contributed by atoms with E-state index < -0.39 is 30.0 Å². The van der Waals surface area contributed by atoms with Gasteiger partial charge in [0.05, 0.1) is 23.0 Å². The Kier molecular flexibility index (Phi) is 3.14. The van der Waals surface area contributed by atoms with Crippen molar-refractivity contribution in [1.29, 1.82) is 0 Å². The number of primary amides is 1. The third-order valence-electron chi connectivity index (χ3n) is 3.68. The highest BCUT2D eigenvalue weighted by Gasteiger charge is 2.52. The maximum absolute atomic E-state index is 13.7. The van der Waals surface area contributed by atoms with Crippen molar-refractivity contribution in [3.63, 3.8) is 0 Å². The number of aromatic nitrogens is 1. The van der Waals surface area contributed by atoms with Crippen molar-refractivity contribution in [2.24, 2.45) is 5.73 Å². The molecule has 0 atom stereocenters. The van der Waals surface area contributed by atoms with Crippen LogP contribution in [0.2, 0.25) is 0 Å². The maximum atomic E-state index is 13.7. The SMILES string of the molecule is CC1(C)OB(c2cncc(F)c2C(N)=O)OC1(C)C. The molecule has 2 N–H and O–H groups in total. The Balaban J connectivity index is 2.46. The lowest BCUT2D eigenvalue weighted by Crippen LogP contribution is -2.41. The average Bonchev–Trinajstić information content (AvgIpc) is 2.47. The van der Waals surface area contributed by atoms with Crippen LogP contribution in [-0.2, 0) is 9.31 Å². The van der Waals surface area contributed by atoms with Gasteiger partial charge in [-0.15, -0.1) is 0 Å². The highest BCUT2D eigenvalue weighted by atomic mass is 19.1. The molecule has 1 amide bonds. The smallest absolute Gasteiger partial charge is 0.399 e. The number of carbonyl (C=O) groups excluding carboxylic acids is 1. The van der Waals surface area contributed by atoms with E-state index in [0.717, 1.165) is 6.20 Å². The van der Waals surface area contributed by atoms with Gasteiger partial charge in [0.15, 0.2) is 5.82 Å². The van der Waals surface area contributed by atoms with Crippen LogP contribution in [0.5, 0.6) is 0 Å². The van der Waals surface area contributed by atoms with E-state index in [9.17, 15) is 9.18 Å².